The van der Waals surface area contributed by atoms with E-state index in [0.717, 1.165) is 25.1 Å². The summed E-state index contributed by atoms with van der Waals surface area (Å²) in [6, 6.07) is 3.66. The second-order valence-corrected chi connectivity index (χ2v) is 4.30. The van der Waals surface area contributed by atoms with Crippen molar-refractivity contribution in [2.24, 2.45) is 5.73 Å². The Kier molecular flexibility index (Phi) is 5.58. The van der Waals surface area contributed by atoms with Crippen LogP contribution in [0.3, 0.4) is 0 Å². The van der Waals surface area contributed by atoms with E-state index in [-0.39, 0.29) is 12.4 Å². The van der Waals surface area contributed by atoms with Crippen LogP contribution in [-0.4, -0.2) is 35.6 Å². The average Bonchev–Trinajstić information content (AvgIpc) is 2.34. The fourth-order valence-corrected chi connectivity index (χ4v) is 1.79. The summed E-state index contributed by atoms with van der Waals surface area (Å²) < 4.78 is 0. The molecule has 0 bridgehead atoms. The van der Waals surface area contributed by atoms with Gasteiger partial charge in [0.2, 0.25) is 0 Å². The standard InChI is InChI=1S/C13H22N4O/c1-3-4-7-17(8-9-18)13-11(12(14)15)6-5-10(2)16-13/h5-6,18H,3-4,7-9H2,1-2H3,(H3,14,15). The topological polar surface area (TPSA) is 86.2 Å². The molecule has 0 aliphatic heterocycles. The number of hydrogen-bond donors (Lipinski definition) is 3. The normalized spacial score (nSPS) is 10.4. The molecular formula is C13H22N4O. The Morgan fingerprint density at radius 3 is 2.72 bits per heavy atom. The lowest BCUT2D eigenvalue weighted by molar-refractivity contribution is 0.301. The van der Waals surface area contributed by atoms with Crippen molar-refractivity contribution in [3.63, 3.8) is 0 Å². The Labute approximate surface area is 108 Å². The molecule has 0 saturated heterocycles. The van der Waals surface area contributed by atoms with Gasteiger partial charge in [-0.1, -0.05) is 13.3 Å². The second-order valence-electron chi connectivity index (χ2n) is 4.30. The quantitative estimate of drug-likeness (QED) is 0.502. The second kappa shape index (κ2) is 6.96. The molecule has 5 heteroatoms. The van der Waals surface area contributed by atoms with Crippen LogP contribution in [0.5, 0.6) is 0 Å². The Morgan fingerprint density at radius 1 is 1.44 bits per heavy atom. The Hall–Kier alpha value is -1.62. The van der Waals surface area contributed by atoms with Crippen LogP contribution >= 0.6 is 0 Å². The van der Waals surface area contributed by atoms with Gasteiger partial charge in [0, 0.05) is 18.8 Å². The first-order valence-corrected chi connectivity index (χ1v) is 6.28. The third-order valence-corrected chi connectivity index (χ3v) is 2.76. The number of amidine groups is 1. The minimum atomic E-state index is 0.0111. The van der Waals surface area contributed by atoms with E-state index in [9.17, 15) is 0 Å². The van der Waals surface area contributed by atoms with E-state index in [1.54, 1.807) is 0 Å². The maximum absolute atomic E-state index is 9.14. The molecule has 0 aromatic carbocycles. The van der Waals surface area contributed by atoms with E-state index in [4.69, 9.17) is 16.2 Å². The molecule has 0 fully saturated rings. The number of aryl methyl sites for hydroxylation is 1. The summed E-state index contributed by atoms with van der Waals surface area (Å²) in [6.07, 6.45) is 2.09. The van der Waals surface area contributed by atoms with Crippen molar-refractivity contribution in [3.8, 4) is 0 Å². The molecule has 0 aliphatic rings. The number of nitrogens with two attached hydrogens (primary N) is 1. The van der Waals surface area contributed by atoms with Crippen molar-refractivity contribution in [1.82, 2.24) is 4.98 Å². The van der Waals surface area contributed by atoms with Gasteiger partial charge in [-0.25, -0.2) is 4.98 Å². The molecule has 0 saturated carbocycles. The third kappa shape index (κ3) is 3.70. The monoisotopic (exact) mass is 250 g/mol. The predicted molar refractivity (Wildman–Crippen MR) is 74.2 cm³/mol. The highest BCUT2D eigenvalue weighted by molar-refractivity contribution is 5.99. The first-order valence-electron chi connectivity index (χ1n) is 6.28. The number of nitrogens with one attached hydrogen (secondary N) is 1. The fourth-order valence-electron chi connectivity index (χ4n) is 1.79. The summed E-state index contributed by atoms with van der Waals surface area (Å²) in [5, 5.41) is 16.7. The third-order valence-electron chi connectivity index (χ3n) is 2.76. The van der Waals surface area contributed by atoms with Crippen molar-refractivity contribution in [2.75, 3.05) is 24.6 Å². The van der Waals surface area contributed by atoms with Gasteiger partial charge in [0.1, 0.15) is 11.7 Å². The average molecular weight is 250 g/mol. The maximum atomic E-state index is 9.14. The molecule has 0 radical (unpaired) electrons. The minimum Gasteiger partial charge on any atom is -0.395 e. The Bertz CT molecular complexity index is 406. The molecular weight excluding hydrogens is 228 g/mol. The number of anilines is 1. The number of unbranched alkanes of at least 4 members (excludes halogenated alkanes) is 1. The van der Waals surface area contributed by atoms with Crippen LogP contribution in [0.1, 0.15) is 31.0 Å². The molecule has 1 aromatic heterocycles. The van der Waals surface area contributed by atoms with E-state index in [2.05, 4.69) is 11.9 Å². The number of pyridine rings is 1. The zero-order valence-corrected chi connectivity index (χ0v) is 11.1. The van der Waals surface area contributed by atoms with Gasteiger partial charge in [-0.05, 0) is 25.5 Å². The maximum Gasteiger partial charge on any atom is 0.139 e. The van der Waals surface area contributed by atoms with Crippen molar-refractivity contribution in [1.29, 1.82) is 5.41 Å². The van der Waals surface area contributed by atoms with Gasteiger partial charge >= 0.3 is 0 Å². The number of aromatic nitrogens is 1. The van der Waals surface area contributed by atoms with Gasteiger partial charge in [-0.15, -0.1) is 0 Å². The summed E-state index contributed by atoms with van der Waals surface area (Å²) >= 11 is 0. The molecule has 0 amide bonds. The number of aliphatic hydroxyl groups is 1. The SMILES string of the molecule is CCCCN(CCO)c1nc(C)ccc1C(=N)N. The van der Waals surface area contributed by atoms with Crippen LogP contribution in [0.4, 0.5) is 5.82 Å². The number of aliphatic hydroxyl groups excluding tert-OH is 1. The zero-order chi connectivity index (χ0) is 13.5. The van der Waals surface area contributed by atoms with Gasteiger partial charge in [0.15, 0.2) is 0 Å². The zero-order valence-electron chi connectivity index (χ0n) is 11.1. The van der Waals surface area contributed by atoms with Gasteiger partial charge < -0.3 is 15.7 Å². The van der Waals surface area contributed by atoms with Crippen molar-refractivity contribution in [3.05, 3.63) is 23.4 Å². The summed E-state index contributed by atoms with van der Waals surface area (Å²) in [4.78, 5) is 6.45. The Morgan fingerprint density at radius 2 is 2.17 bits per heavy atom. The lowest BCUT2D eigenvalue weighted by Crippen LogP contribution is -2.31. The van der Waals surface area contributed by atoms with Gasteiger partial charge in [0.05, 0.1) is 12.2 Å². The number of rotatable bonds is 7. The molecule has 0 atom stereocenters. The lowest BCUT2D eigenvalue weighted by Gasteiger charge is -2.25. The van der Waals surface area contributed by atoms with Crippen LogP contribution in [0.15, 0.2) is 12.1 Å². The fraction of sp³-hybridized carbons (Fsp3) is 0.538. The minimum absolute atomic E-state index is 0.0111. The van der Waals surface area contributed by atoms with Gasteiger partial charge in [0.25, 0.3) is 0 Å². The first kappa shape index (κ1) is 14.4. The molecule has 100 valence electrons. The largest absolute Gasteiger partial charge is 0.395 e. The lowest BCUT2D eigenvalue weighted by atomic mass is 10.2. The van der Waals surface area contributed by atoms with Crippen LogP contribution in [0, 0.1) is 12.3 Å². The highest BCUT2D eigenvalue weighted by Gasteiger charge is 2.14. The predicted octanol–water partition coefficient (Wildman–Crippen LogP) is 1.27. The van der Waals surface area contributed by atoms with Gasteiger partial charge in [-0.3, -0.25) is 5.41 Å². The van der Waals surface area contributed by atoms with Crippen LogP contribution < -0.4 is 10.6 Å². The van der Waals surface area contributed by atoms with Crippen molar-refractivity contribution in [2.45, 2.75) is 26.7 Å². The summed E-state index contributed by atoms with van der Waals surface area (Å²) in [7, 11) is 0. The molecule has 1 heterocycles. The van der Waals surface area contributed by atoms with E-state index in [1.807, 2.05) is 24.0 Å². The first-order chi connectivity index (χ1) is 8.60. The van der Waals surface area contributed by atoms with Gasteiger partial charge in [-0.2, -0.15) is 0 Å². The number of hydrogen-bond acceptors (Lipinski definition) is 4. The summed E-state index contributed by atoms with van der Waals surface area (Å²) in [6.45, 7) is 5.41. The van der Waals surface area contributed by atoms with E-state index < -0.39 is 0 Å². The van der Waals surface area contributed by atoms with Crippen LogP contribution in [0.2, 0.25) is 0 Å². The number of nitrogen functional groups attached to an aromatic ring is 1. The highest BCUT2D eigenvalue weighted by Crippen LogP contribution is 2.18. The summed E-state index contributed by atoms with van der Waals surface area (Å²) in [5.74, 6) is 0.710. The molecule has 1 aromatic rings. The summed E-state index contributed by atoms with van der Waals surface area (Å²) in [5.41, 5.74) is 7.09. The molecule has 0 aliphatic carbocycles. The van der Waals surface area contributed by atoms with Crippen LogP contribution in [-0.2, 0) is 0 Å². The highest BCUT2D eigenvalue weighted by atomic mass is 16.3. The Balaban J connectivity index is 3.07. The molecule has 0 unspecified atom stereocenters. The van der Waals surface area contributed by atoms with Crippen molar-refractivity contribution < 1.29 is 5.11 Å². The molecule has 4 N–H and O–H groups in total. The molecule has 1 rings (SSSR count). The van der Waals surface area contributed by atoms with E-state index >= 15 is 0 Å². The molecule has 18 heavy (non-hydrogen) atoms. The van der Waals surface area contributed by atoms with Crippen molar-refractivity contribution >= 4 is 11.7 Å². The van der Waals surface area contributed by atoms with Crippen LogP contribution in [0.25, 0.3) is 0 Å². The number of nitrogens with zero attached hydrogens (tertiary/aromatic N) is 2. The van der Waals surface area contributed by atoms with E-state index in [1.165, 1.54) is 0 Å². The van der Waals surface area contributed by atoms with E-state index in [0.29, 0.717) is 17.9 Å². The molecule has 0 spiro atoms. The smallest absolute Gasteiger partial charge is 0.139 e. The molecule has 5 nitrogen and oxygen atoms in total.